The smallest absolute Gasteiger partial charge is 0.417 e. The van der Waals surface area contributed by atoms with Gasteiger partial charge in [-0.1, -0.05) is 42.5 Å². The average Bonchev–Trinajstić information content (AvgIpc) is 2.97. The van der Waals surface area contributed by atoms with Gasteiger partial charge in [0.15, 0.2) is 0 Å². The van der Waals surface area contributed by atoms with Gasteiger partial charge in [-0.05, 0) is 18.4 Å². The number of alkyl halides is 3. The van der Waals surface area contributed by atoms with Crippen LogP contribution in [-0.4, -0.2) is 46.9 Å². The van der Waals surface area contributed by atoms with Crippen molar-refractivity contribution in [1.82, 2.24) is 4.90 Å². The molecule has 0 radical (unpaired) electrons. The Morgan fingerprint density at radius 2 is 2.04 bits per heavy atom. The van der Waals surface area contributed by atoms with Crippen LogP contribution >= 0.6 is 0 Å². The quantitative estimate of drug-likeness (QED) is 0.733. The van der Waals surface area contributed by atoms with Crippen molar-refractivity contribution in [3.05, 3.63) is 60.2 Å². The lowest BCUT2D eigenvalue weighted by Crippen LogP contribution is -2.45. The second-order valence-electron chi connectivity index (χ2n) is 6.10. The maximum absolute atomic E-state index is 12.9. The minimum Gasteiger partial charge on any atom is -0.447 e. The highest BCUT2D eigenvalue weighted by Crippen LogP contribution is 2.29. The van der Waals surface area contributed by atoms with Gasteiger partial charge in [-0.3, -0.25) is 4.79 Å². The number of nitrogens with zero attached hydrogens (tertiary/aromatic N) is 1. The fraction of sp³-hybridized carbons (Fsp3) is 0.368. The molecule has 146 valence electrons. The summed E-state index contributed by atoms with van der Waals surface area (Å²) in [4.78, 5) is 25.1. The number of carbonyl (C=O) groups excluding carboxylic acids is 2. The molecule has 2 amide bonds. The number of hydrogen-bond donors (Lipinski definition) is 1. The van der Waals surface area contributed by atoms with E-state index in [0.29, 0.717) is 6.42 Å². The van der Waals surface area contributed by atoms with Gasteiger partial charge in [0.05, 0.1) is 6.04 Å². The Hall–Kier alpha value is -2.61. The molecule has 0 spiro atoms. The minimum atomic E-state index is -4.58. The number of aliphatic hydroxyl groups is 1. The number of rotatable bonds is 7. The first-order valence-electron chi connectivity index (χ1n) is 8.33. The van der Waals surface area contributed by atoms with Crippen molar-refractivity contribution >= 4 is 12.0 Å². The Bertz CT molecular complexity index is 715. The average molecular weight is 383 g/mol. The number of amides is 2. The van der Waals surface area contributed by atoms with E-state index in [0.717, 1.165) is 22.6 Å². The van der Waals surface area contributed by atoms with E-state index in [1.807, 2.05) is 18.2 Å². The minimum absolute atomic E-state index is 0.0354. The van der Waals surface area contributed by atoms with E-state index < -0.39 is 48.7 Å². The summed E-state index contributed by atoms with van der Waals surface area (Å²) >= 11 is 0. The summed E-state index contributed by atoms with van der Waals surface area (Å²) in [7, 11) is 0. The second-order valence-corrected chi connectivity index (χ2v) is 6.10. The van der Waals surface area contributed by atoms with Gasteiger partial charge in [-0.2, -0.15) is 13.2 Å². The maximum Gasteiger partial charge on any atom is 0.417 e. The summed E-state index contributed by atoms with van der Waals surface area (Å²) in [5, 5.41) is 10.0. The fourth-order valence-electron chi connectivity index (χ4n) is 2.75. The molecule has 1 unspecified atom stereocenters. The van der Waals surface area contributed by atoms with Gasteiger partial charge in [-0.25, -0.2) is 9.69 Å². The molecule has 1 heterocycles. The highest BCUT2D eigenvalue weighted by molar-refractivity contribution is 5.95. The van der Waals surface area contributed by atoms with Gasteiger partial charge in [0.2, 0.25) is 0 Å². The van der Waals surface area contributed by atoms with Crippen LogP contribution in [-0.2, 0) is 16.0 Å². The number of hydrogen-bond acceptors (Lipinski definition) is 4. The van der Waals surface area contributed by atoms with Crippen LogP contribution in [0.5, 0.6) is 0 Å². The molecule has 1 aromatic rings. The zero-order chi connectivity index (χ0) is 20.0. The van der Waals surface area contributed by atoms with E-state index in [2.05, 4.69) is 6.58 Å². The lowest BCUT2D eigenvalue weighted by atomic mass is 10.0. The van der Waals surface area contributed by atoms with Crippen molar-refractivity contribution in [3.63, 3.8) is 0 Å². The van der Waals surface area contributed by atoms with Crippen LogP contribution in [0.1, 0.15) is 18.4 Å². The lowest BCUT2D eigenvalue weighted by Gasteiger charge is -2.22. The van der Waals surface area contributed by atoms with Crippen LogP contribution in [0.15, 0.2) is 54.6 Å². The number of imide groups is 1. The van der Waals surface area contributed by atoms with Gasteiger partial charge in [0.1, 0.15) is 12.7 Å². The molecule has 1 saturated heterocycles. The Kier molecular flexibility index (Phi) is 6.79. The van der Waals surface area contributed by atoms with Crippen LogP contribution < -0.4 is 0 Å². The summed E-state index contributed by atoms with van der Waals surface area (Å²) in [6.07, 6.45) is -6.12. The van der Waals surface area contributed by atoms with Crippen LogP contribution in [0, 0.1) is 0 Å². The molecule has 1 aliphatic heterocycles. The van der Waals surface area contributed by atoms with Gasteiger partial charge in [-0.15, -0.1) is 6.58 Å². The van der Waals surface area contributed by atoms with Crippen molar-refractivity contribution in [2.75, 3.05) is 6.61 Å². The number of ether oxygens (including phenoxy) is 1. The predicted octanol–water partition coefficient (Wildman–Crippen LogP) is 3.39. The summed E-state index contributed by atoms with van der Waals surface area (Å²) in [5.41, 5.74) is -0.0486. The third-order valence-electron chi connectivity index (χ3n) is 4.11. The number of carbonyl (C=O) groups is 2. The zero-order valence-electron chi connectivity index (χ0n) is 14.5. The molecule has 0 aliphatic carbocycles. The number of benzene rings is 1. The van der Waals surface area contributed by atoms with E-state index in [9.17, 15) is 27.9 Å². The molecule has 0 aromatic heterocycles. The Morgan fingerprint density at radius 1 is 1.37 bits per heavy atom. The van der Waals surface area contributed by atoms with E-state index in [4.69, 9.17) is 4.74 Å². The highest BCUT2D eigenvalue weighted by Gasteiger charge is 2.40. The molecule has 1 aliphatic rings. The number of aliphatic hydroxyl groups excluding tert-OH is 1. The molecule has 1 N–H and O–H groups in total. The third kappa shape index (κ3) is 5.43. The van der Waals surface area contributed by atoms with Crippen molar-refractivity contribution < 1.29 is 32.6 Å². The maximum atomic E-state index is 12.9. The summed E-state index contributed by atoms with van der Waals surface area (Å²) in [6, 6.07) is 8.43. The van der Waals surface area contributed by atoms with Gasteiger partial charge in [0, 0.05) is 12.0 Å². The van der Waals surface area contributed by atoms with Crippen molar-refractivity contribution in [3.8, 4) is 0 Å². The molecular formula is C19H20F3NO4. The summed E-state index contributed by atoms with van der Waals surface area (Å²) in [5.74, 6) is -0.977. The number of cyclic esters (lactones) is 1. The molecule has 1 aromatic carbocycles. The molecule has 5 nitrogen and oxygen atoms in total. The van der Waals surface area contributed by atoms with Crippen LogP contribution in [0.4, 0.5) is 18.0 Å². The second kappa shape index (κ2) is 8.85. The lowest BCUT2D eigenvalue weighted by molar-refractivity contribution is -0.138. The van der Waals surface area contributed by atoms with Gasteiger partial charge in [0.25, 0.3) is 5.91 Å². The molecule has 27 heavy (non-hydrogen) atoms. The first kappa shape index (κ1) is 20.7. The zero-order valence-corrected chi connectivity index (χ0v) is 14.5. The topological polar surface area (TPSA) is 66.8 Å². The van der Waals surface area contributed by atoms with Gasteiger partial charge >= 0.3 is 12.3 Å². The third-order valence-corrected chi connectivity index (χ3v) is 4.11. The standard InChI is InChI=1S/C19H20F3NO4/c1-2-6-14(19(20,21)22)9-10-16(24)17(25)23-15(12-27-18(23)26)11-13-7-4-3-5-8-13/h2-5,7-9,15-16,24H,1,6,10-12H2/b14-9+/t15?,16-/m0/s1. The molecule has 1 fully saturated rings. The van der Waals surface area contributed by atoms with Crippen molar-refractivity contribution in [2.24, 2.45) is 0 Å². The van der Waals surface area contributed by atoms with Crippen molar-refractivity contribution in [2.45, 2.75) is 37.6 Å². The summed E-state index contributed by atoms with van der Waals surface area (Å²) < 4.78 is 43.5. The Morgan fingerprint density at radius 3 is 2.63 bits per heavy atom. The van der Waals surface area contributed by atoms with Crippen LogP contribution in [0.3, 0.4) is 0 Å². The largest absolute Gasteiger partial charge is 0.447 e. The molecular weight excluding hydrogens is 363 g/mol. The van der Waals surface area contributed by atoms with Crippen molar-refractivity contribution in [1.29, 1.82) is 0 Å². The molecule has 0 saturated carbocycles. The van der Waals surface area contributed by atoms with Crippen LogP contribution in [0.2, 0.25) is 0 Å². The SMILES string of the molecule is C=CC/C(=C\C[C@H](O)C(=O)N1C(=O)OCC1Cc1ccccc1)C(F)(F)F. The van der Waals surface area contributed by atoms with E-state index >= 15 is 0 Å². The van der Waals surface area contributed by atoms with Crippen LogP contribution in [0.25, 0.3) is 0 Å². The first-order valence-corrected chi connectivity index (χ1v) is 8.33. The molecule has 2 rings (SSSR count). The monoisotopic (exact) mass is 383 g/mol. The molecule has 2 atom stereocenters. The Balaban J connectivity index is 2.08. The van der Waals surface area contributed by atoms with Gasteiger partial charge < -0.3 is 9.84 Å². The fourth-order valence-corrected chi connectivity index (χ4v) is 2.75. The number of halogens is 3. The van der Waals surface area contributed by atoms with E-state index in [-0.39, 0.29) is 6.61 Å². The molecule has 8 heteroatoms. The molecule has 0 bridgehead atoms. The Labute approximate surface area is 154 Å². The van der Waals surface area contributed by atoms with E-state index in [1.165, 1.54) is 0 Å². The number of allylic oxidation sites excluding steroid dienone is 2. The highest BCUT2D eigenvalue weighted by atomic mass is 19.4. The first-order chi connectivity index (χ1) is 12.7. The predicted molar refractivity (Wildman–Crippen MR) is 91.7 cm³/mol. The summed E-state index contributed by atoms with van der Waals surface area (Å²) in [6.45, 7) is 3.22. The van der Waals surface area contributed by atoms with E-state index in [1.54, 1.807) is 12.1 Å². The normalized spacial score (nSPS) is 19.0.